The monoisotopic (exact) mass is 287 g/mol. The Morgan fingerprint density at radius 3 is 2.76 bits per heavy atom. The van der Waals surface area contributed by atoms with Gasteiger partial charge in [0.1, 0.15) is 6.61 Å². The highest BCUT2D eigenvalue weighted by atomic mass is 16.5. The van der Waals surface area contributed by atoms with E-state index in [0.717, 1.165) is 24.0 Å². The first-order chi connectivity index (χ1) is 10.0. The molecule has 0 spiro atoms. The van der Waals surface area contributed by atoms with E-state index in [9.17, 15) is 4.79 Å². The van der Waals surface area contributed by atoms with Gasteiger partial charge in [-0.15, -0.1) is 0 Å². The third-order valence-electron chi connectivity index (χ3n) is 3.66. The van der Waals surface area contributed by atoms with Crippen LogP contribution in [0.4, 0.5) is 0 Å². The van der Waals surface area contributed by atoms with Gasteiger partial charge in [0.25, 0.3) is 5.91 Å². The molecule has 1 aromatic carbocycles. The summed E-state index contributed by atoms with van der Waals surface area (Å²) in [4.78, 5) is 12.4. The van der Waals surface area contributed by atoms with Crippen molar-refractivity contribution >= 4 is 5.91 Å². The molecule has 112 valence electrons. The van der Waals surface area contributed by atoms with E-state index >= 15 is 0 Å². The number of nitrogens with one attached hydrogen (secondary N) is 1. The topological polar surface area (TPSA) is 58.6 Å². The van der Waals surface area contributed by atoms with Gasteiger partial charge >= 0.3 is 0 Å². The number of benzene rings is 1. The number of hydrogen-bond acceptors (Lipinski definition) is 3. The van der Waals surface area contributed by atoms with Crippen molar-refractivity contribution in [2.45, 2.75) is 32.2 Å². The lowest BCUT2D eigenvalue weighted by atomic mass is 9.92. The van der Waals surface area contributed by atoms with E-state index in [-0.39, 0.29) is 18.1 Å². The molecule has 4 heteroatoms. The highest BCUT2D eigenvalue weighted by molar-refractivity contribution is 5.95. The van der Waals surface area contributed by atoms with E-state index in [2.05, 4.69) is 24.1 Å². The standard InChI is InChI=1S/C17H21NO3/c1-13-10-14(4-3-7-19)12-15(11-13)16(20)18-17(2)5-8-21-9-6-17/h10-12,19H,5-9H2,1-2H3,(H,18,20). The summed E-state index contributed by atoms with van der Waals surface area (Å²) in [6.45, 7) is 5.15. The second-order valence-electron chi connectivity index (χ2n) is 5.67. The van der Waals surface area contributed by atoms with Crippen LogP contribution in [0.15, 0.2) is 18.2 Å². The van der Waals surface area contributed by atoms with Crippen molar-refractivity contribution in [3.63, 3.8) is 0 Å². The maximum atomic E-state index is 12.4. The van der Waals surface area contributed by atoms with Gasteiger partial charge in [-0.2, -0.15) is 0 Å². The van der Waals surface area contributed by atoms with Gasteiger partial charge in [0.15, 0.2) is 0 Å². The molecule has 1 fully saturated rings. The summed E-state index contributed by atoms with van der Waals surface area (Å²) in [7, 11) is 0. The highest BCUT2D eigenvalue weighted by Crippen LogP contribution is 2.20. The minimum Gasteiger partial charge on any atom is -0.384 e. The number of aryl methyl sites for hydroxylation is 1. The average Bonchev–Trinajstić information content (AvgIpc) is 2.45. The molecule has 1 aliphatic rings. The summed E-state index contributed by atoms with van der Waals surface area (Å²) < 4.78 is 5.34. The van der Waals surface area contributed by atoms with Crippen LogP contribution in [0.1, 0.15) is 41.3 Å². The van der Waals surface area contributed by atoms with Crippen LogP contribution >= 0.6 is 0 Å². The molecular weight excluding hydrogens is 266 g/mol. The summed E-state index contributed by atoms with van der Waals surface area (Å²) >= 11 is 0. The third kappa shape index (κ3) is 4.32. The van der Waals surface area contributed by atoms with Crippen LogP contribution < -0.4 is 5.32 Å². The molecule has 21 heavy (non-hydrogen) atoms. The molecule has 4 nitrogen and oxygen atoms in total. The molecule has 0 bridgehead atoms. The zero-order valence-electron chi connectivity index (χ0n) is 12.5. The molecule has 1 amide bonds. The molecule has 1 aliphatic heterocycles. The first kappa shape index (κ1) is 15.6. The molecule has 2 rings (SSSR count). The molecule has 1 aromatic rings. The summed E-state index contributed by atoms with van der Waals surface area (Å²) in [6.07, 6.45) is 1.64. The van der Waals surface area contributed by atoms with Crippen molar-refractivity contribution in [1.29, 1.82) is 0 Å². The van der Waals surface area contributed by atoms with Crippen LogP contribution in [-0.2, 0) is 4.74 Å². The molecule has 0 aliphatic carbocycles. The fourth-order valence-electron chi connectivity index (χ4n) is 2.42. The Balaban J connectivity index is 2.16. The predicted molar refractivity (Wildman–Crippen MR) is 81.1 cm³/mol. The molecule has 0 saturated carbocycles. The fraction of sp³-hybridized carbons (Fsp3) is 0.471. The van der Waals surface area contributed by atoms with Gasteiger partial charge < -0.3 is 15.2 Å². The minimum absolute atomic E-state index is 0.0878. The van der Waals surface area contributed by atoms with Crippen molar-refractivity contribution in [3.05, 3.63) is 34.9 Å². The van der Waals surface area contributed by atoms with E-state index < -0.39 is 0 Å². The Labute approximate surface area is 125 Å². The van der Waals surface area contributed by atoms with Gasteiger partial charge in [0.2, 0.25) is 0 Å². The van der Waals surface area contributed by atoms with E-state index in [1.807, 2.05) is 19.1 Å². The average molecular weight is 287 g/mol. The Kier molecular flexibility index (Phi) is 5.00. The first-order valence-electron chi connectivity index (χ1n) is 7.14. The van der Waals surface area contributed by atoms with Crippen molar-refractivity contribution in [2.75, 3.05) is 19.8 Å². The Bertz CT molecular complexity index is 577. The second kappa shape index (κ2) is 6.75. The molecule has 0 aromatic heterocycles. The summed E-state index contributed by atoms with van der Waals surface area (Å²) in [5.74, 6) is 5.36. The number of hydrogen-bond donors (Lipinski definition) is 2. The van der Waals surface area contributed by atoms with Crippen LogP contribution in [0.2, 0.25) is 0 Å². The minimum atomic E-state index is -0.212. The molecule has 0 atom stereocenters. The first-order valence-corrected chi connectivity index (χ1v) is 7.14. The van der Waals surface area contributed by atoms with E-state index in [1.165, 1.54) is 0 Å². The van der Waals surface area contributed by atoms with Crippen molar-refractivity contribution < 1.29 is 14.6 Å². The van der Waals surface area contributed by atoms with Gasteiger partial charge in [-0.05, 0) is 50.5 Å². The van der Waals surface area contributed by atoms with Crippen LogP contribution in [0.3, 0.4) is 0 Å². The zero-order chi connectivity index (χ0) is 15.3. The summed E-state index contributed by atoms with van der Waals surface area (Å²) in [5, 5.41) is 11.9. The highest BCUT2D eigenvalue weighted by Gasteiger charge is 2.29. The third-order valence-corrected chi connectivity index (χ3v) is 3.66. The number of aliphatic hydroxyl groups is 1. The van der Waals surface area contributed by atoms with Gasteiger partial charge in [0.05, 0.1) is 0 Å². The molecule has 2 N–H and O–H groups in total. The van der Waals surface area contributed by atoms with E-state index in [1.54, 1.807) is 6.07 Å². The number of amides is 1. The fourth-order valence-corrected chi connectivity index (χ4v) is 2.42. The second-order valence-corrected chi connectivity index (χ2v) is 5.67. The number of ether oxygens (including phenoxy) is 1. The smallest absolute Gasteiger partial charge is 0.251 e. The van der Waals surface area contributed by atoms with Crippen molar-refractivity contribution in [3.8, 4) is 11.8 Å². The molecule has 0 unspecified atom stereocenters. The lowest BCUT2D eigenvalue weighted by Gasteiger charge is -2.34. The van der Waals surface area contributed by atoms with E-state index in [0.29, 0.717) is 18.8 Å². The van der Waals surface area contributed by atoms with Gasteiger partial charge in [-0.25, -0.2) is 0 Å². The predicted octanol–water partition coefficient (Wildman–Crippen LogP) is 1.64. The number of carbonyl (C=O) groups excluding carboxylic acids is 1. The number of rotatable bonds is 2. The van der Waals surface area contributed by atoms with Crippen LogP contribution in [0.25, 0.3) is 0 Å². The molecule has 1 heterocycles. The van der Waals surface area contributed by atoms with Crippen LogP contribution in [0, 0.1) is 18.8 Å². The Hall–Kier alpha value is -1.83. The quantitative estimate of drug-likeness (QED) is 0.813. The lowest BCUT2D eigenvalue weighted by molar-refractivity contribution is 0.0423. The van der Waals surface area contributed by atoms with Gasteiger partial charge in [-0.1, -0.05) is 11.8 Å². The largest absolute Gasteiger partial charge is 0.384 e. The van der Waals surface area contributed by atoms with E-state index in [4.69, 9.17) is 9.84 Å². The van der Waals surface area contributed by atoms with Crippen LogP contribution in [0.5, 0.6) is 0 Å². The van der Waals surface area contributed by atoms with Gasteiger partial charge in [-0.3, -0.25) is 4.79 Å². The Morgan fingerprint density at radius 1 is 1.38 bits per heavy atom. The molecule has 1 saturated heterocycles. The van der Waals surface area contributed by atoms with Crippen molar-refractivity contribution in [1.82, 2.24) is 5.32 Å². The zero-order valence-corrected chi connectivity index (χ0v) is 12.5. The summed E-state index contributed by atoms with van der Waals surface area (Å²) in [6, 6.07) is 5.51. The molecular formula is C17H21NO3. The van der Waals surface area contributed by atoms with Crippen LogP contribution in [-0.4, -0.2) is 36.4 Å². The normalized spacial score (nSPS) is 16.7. The molecule has 0 radical (unpaired) electrons. The lowest BCUT2D eigenvalue weighted by Crippen LogP contribution is -2.49. The maximum absolute atomic E-state index is 12.4. The number of aliphatic hydroxyl groups excluding tert-OH is 1. The maximum Gasteiger partial charge on any atom is 0.251 e. The van der Waals surface area contributed by atoms with Gasteiger partial charge in [0, 0.05) is 29.9 Å². The van der Waals surface area contributed by atoms with Crippen molar-refractivity contribution in [2.24, 2.45) is 0 Å². The summed E-state index contributed by atoms with van der Waals surface area (Å²) in [5.41, 5.74) is 2.11. The SMILES string of the molecule is Cc1cc(C#CCO)cc(C(=O)NC2(C)CCOCC2)c1. The Morgan fingerprint density at radius 2 is 2.10 bits per heavy atom. The number of carbonyl (C=O) groups is 1.